The Morgan fingerprint density at radius 1 is 1.36 bits per heavy atom. The monoisotopic (exact) mass is 304 g/mol. The molecule has 2 N–H and O–H groups in total. The van der Waals surface area contributed by atoms with Crippen molar-refractivity contribution in [2.45, 2.75) is 44.6 Å². The topological polar surface area (TPSA) is 50.4 Å². The number of ether oxygens (including phenoxy) is 1. The predicted octanol–water partition coefficient (Wildman–Crippen LogP) is 2.16. The van der Waals surface area contributed by atoms with Crippen molar-refractivity contribution in [1.29, 1.82) is 0 Å². The number of carbonyl (C=O) groups excluding carboxylic acids is 1. The van der Waals surface area contributed by atoms with Crippen molar-refractivity contribution in [3.8, 4) is 0 Å². The molecule has 1 heterocycles. The van der Waals surface area contributed by atoms with Gasteiger partial charge in [-0.3, -0.25) is 4.79 Å². The molecule has 0 aromatic heterocycles. The molecule has 1 amide bonds. The van der Waals surface area contributed by atoms with Gasteiger partial charge in [0.1, 0.15) is 5.60 Å². The summed E-state index contributed by atoms with van der Waals surface area (Å²) in [5.74, 6) is 0.0113. The van der Waals surface area contributed by atoms with E-state index in [9.17, 15) is 4.79 Å². The van der Waals surface area contributed by atoms with Crippen LogP contribution in [-0.4, -0.2) is 38.3 Å². The average Bonchev–Trinajstić information content (AvgIpc) is 2.53. The number of aryl methyl sites for hydroxylation is 1. The molecule has 1 aromatic carbocycles. The first kappa shape index (κ1) is 17.0. The number of amides is 1. The number of methoxy groups -OCH3 is 1. The van der Waals surface area contributed by atoms with E-state index in [0.29, 0.717) is 6.54 Å². The Bertz CT molecular complexity index is 520. The van der Waals surface area contributed by atoms with Crippen LogP contribution in [-0.2, 0) is 14.9 Å². The third-order valence-corrected chi connectivity index (χ3v) is 4.71. The minimum Gasteiger partial charge on any atom is -0.368 e. The third kappa shape index (κ3) is 3.68. The van der Waals surface area contributed by atoms with Crippen molar-refractivity contribution in [2.75, 3.05) is 26.7 Å². The van der Waals surface area contributed by atoms with Crippen molar-refractivity contribution < 1.29 is 9.53 Å². The van der Waals surface area contributed by atoms with Crippen LogP contribution >= 0.6 is 0 Å². The van der Waals surface area contributed by atoms with Crippen LogP contribution in [0.4, 0.5) is 0 Å². The van der Waals surface area contributed by atoms with Crippen LogP contribution in [0.25, 0.3) is 0 Å². The molecule has 22 heavy (non-hydrogen) atoms. The van der Waals surface area contributed by atoms with Gasteiger partial charge in [0, 0.05) is 19.1 Å². The molecule has 1 fully saturated rings. The van der Waals surface area contributed by atoms with Crippen molar-refractivity contribution in [1.82, 2.24) is 10.6 Å². The van der Waals surface area contributed by atoms with Crippen molar-refractivity contribution in [3.63, 3.8) is 0 Å². The number of benzene rings is 1. The predicted molar refractivity (Wildman–Crippen MR) is 89.1 cm³/mol. The SMILES string of the molecule is COC1(C(=O)NCC(C)(C)c2cccc(C)c2)CCNCC1. The summed E-state index contributed by atoms with van der Waals surface area (Å²) in [5.41, 5.74) is 1.70. The highest BCUT2D eigenvalue weighted by atomic mass is 16.5. The van der Waals surface area contributed by atoms with Crippen LogP contribution in [0.15, 0.2) is 24.3 Å². The third-order valence-electron chi connectivity index (χ3n) is 4.71. The summed E-state index contributed by atoms with van der Waals surface area (Å²) < 4.78 is 5.58. The molecule has 122 valence electrons. The van der Waals surface area contributed by atoms with Gasteiger partial charge in [-0.05, 0) is 38.4 Å². The van der Waals surface area contributed by atoms with Gasteiger partial charge >= 0.3 is 0 Å². The number of carbonyl (C=O) groups is 1. The maximum atomic E-state index is 12.6. The Kier molecular flexibility index (Phi) is 5.24. The summed E-state index contributed by atoms with van der Waals surface area (Å²) >= 11 is 0. The molecular weight excluding hydrogens is 276 g/mol. The van der Waals surface area contributed by atoms with E-state index in [1.165, 1.54) is 11.1 Å². The number of hydrogen-bond donors (Lipinski definition) is 2. The zero-order chi connectivity index (χ0) is 16.2. The minimum absolute atomic E-state index is 0.0113. The van der Waals surface area contributed by atoms with Crippen LogP contribution in [0.3, 0.4) is 0 Å². The van der Waals surface area contributed by atoms with Gasteiger partial charge in [0.15, 0.2) is 0 Å². The zero-order valence-corrected chi connectivity index (χ0v) is 14.2. The Morgan fingerprint density at radius 3 is 2.64 bits per heavy atom. The minimum atomic E-state index is -0.673. The smallest absolute Gasteiger partial charge is 0.252 e. The van der Waals surface area contributed by atoms with E-state index in [1.54, 1.807) is 7.11 Å². The van der Waals surface area contributed by atoms with E-state index < -0.39 is 5.60 Å². The Balaban J connectivity index is 2.03. The van der Waals surface area contributed by atoms with Gasteiger partial charge in [-0.25, -0.2) is 0 Å². The van der Waals surface area contributed by atoms with E-state index in [-0.39, 0.29) is 11.3 Å². The lowest BCUT2D eigenvalue weighted by Crippen LogP contribution is -2.55. The van der Waals surface area contributed by atoms with E-state index >= 15 is 0 Å². The molecule has 0 saturated carbocycles. The fourth-order valence-corrected chi connectivity index (χ4v) is 2.98. The first-order valence-electron chi connectivity index (χ1n) is 8.01. The first-order valence-corrected chi connectivity index (χ1v) is 8.01. The fourth-order valence-electron chi connectivity index (χ4n) is 2.98. The van der Waals surface area contributed by atoms with Gasteiger partial charge in [-0.2, -0.15) is 0 Å². The molecule has 2 rings (SSSR count). The van der Waals surface area contributed by atoms with Crippen molar-refractivity contribution >= 4 is 5.91 Å². The number of piperidine rings is 1. The van der Waals surface area contributed by atoms with E-state index in [2.05, 4.69) is 55.7 Å². The molecule has 1 aliphatic heterocycles. The summed E-state index contributed by atoms with van der Waals surface area (Å²) in [5, 5.41) is 6.38. The number of hydrogen-bond acceptors (Lipinski definition) is 3. The van der Waals surface area contributed by atoms with Gasteiger partial charge in [0.05, 0.1) is 0 Å². The lowest BCUT2D eigenvalue weighted by Gasteiger charge is -2.36. The molecule has 0 spiro atoms. The number of nitrogens with one attached hydrogen (secondary N) is 2. The molecule has 0 radical (unpaired) electrons. The van der Waals surface area contributed by atoms with Crippen LogP contribution in [0.2, 0.25) is 0 Å². The molecule has 4 heteroatoms. The molecule has 0 bridgehead atoms. The van der Waals surface area contributed by atoms with E-state index in [1.807, 2.05) is 0 Å². The molecule has 0 atom stereocenters. The van der Waals surface area contributed by atoms with Gasteiger partial charge in [0.2, 0.25) is 0 Å². The number of rotatable bonds is 5. The van der Waals surface area contributed by atoms with Crippen LogP contribution < -0.4 is 10.6 Å². The van der Waals surface area contributed by atoms with Crippen LogP contribution in [0.5, 0.6) is 0 Å². The van der Waals surface area contributed by atoms with Gasteiger partial charge < -0.3 is 15.4 Å². The summed E-state index contributed by atoms with van der Waals surface area (Å²) in [6.07, 6.45) is 1.44. The van der Waals surface area contributed by atoms with Crippen LogP contribution in [0, 0.1) is 6.92 Å². The molecule has 4 nitrogen and oxygen atoms in total. The summed E-state index contributed by atoms with van der Waals surface area (Å²) in [4.78, 5) is 12.6. The highest BCUT2D eigenvalue weighted by Crippen LogP contribution is 2.25. The van der Waals surface area contributed by atoms with Crippen molar-refractivity contribution in [2.24, 2.45) is 0 Å². The standard InChI is InChI=1S/C18H28N2O2/c1-14-6-5-7-15(12-14)17(2,3)13-20-16(21)18(22-4)8-10-19-11-9-18/h5-7,12,19H,8-11,13H2,1-4H3,(H,20,21). The van der Waals surface area contributed by atoms with E-state index in [0.717, 1.165) is 25.9 Å². The van der Waals surface area contributed by atoms with E-state index in [4.69, 9.17) is 4.74 Å². The summed E-state index contributed by atoms with van der Waals surface area (Å²) in [7, 11) is 1.64. The quantitative estimate of drug-likeness (QED) is 0.876. The second-order valence-electron chi connectivity index (χ2n) is 6.88. The summed E-state index contributed by atoms with van der Waals surface area (Å²) in [6, 6.07) is 8.46. The molecule has 0 aliphatic carbocycles. The highest BCUT2D eigenvalue weighted by Gasteiger charge is 2.40. The lowest BCUT2D eigenvalue weighted by molar-refractivity contribution is -0.146. The Labute approximate surface area is 133 Å². The highest BCUT2D eigenvalue weighted by molar-refractivity contribution is 5.85. The fraction of sp³-hybridized carbons (Fsp3) is 0.611. The van der Waals surface area contributed by atoms with Crippen LogP contribution in [0.1, 0.15) is 37.8 Å². The molecule has 0 unspecified atom stereocenters. The maximum Gasteiger partial charge on any atom is 0.252 e. The summed E-state index contributed by atoms with van der Waals surface area (Å²) in [6.45, 7) is 8.65. The largest absolute Gasteiger partial charge is 0.368 e. The maximum absolute atomic E-state index is 12.6. The Morgan fingerprint density at radius 2 is 2.05 bits per heavy atom. The second-order valence-corrected chi connectivity index (χ2v) is 6.88. The molecule has 1 aromatic rings. The normalized spacial score (nSPS) is 18.0. The van der Waals surface area contributed by atoms with Crippen molar-refractivity contribution in [3.05, 3.63) is 35.4 Å². The zero-order valence-electron chi connectivity index (χ0n) is 14.2. The van der Waals surface area contributed by atoms with Gasteiger partial charge in [-0.15, -0.1) is 0 Å². The van der Waals surface area contributed by atoms with Gasteiger partial charge in [0.25, 0.3) is 5.91 Å². The first-order chi connectivity index (χ1) is 10.4. The molecular formula is C18H28N2O2. The average molecular weight is 304 g/mol. The Hall–Kier alpha value is -1.39. The lowest BCUT2D eigenvalue weighted by atomic mass is 9.83. The molecule has 1 aliphatic rings. The second kappa shape index (κ2) is 6.80. The molecule has 1 saturated heterocycles. The van der Waals surface area contributed by atoms with Gasteiger partial charge in [-0.1, -0.05) is 43.7 Å².